The molecule has 4 nitrogen and oxygen atoms in total. The topological polar surface area (TPSA) is 49.4 Å². The van der Waals surface area contributed by atoms with Crippen LogP contribution in [-0.2, 0) is 10.0 Å². The summed E-state index contributed by atoms with van der Waals surface area (Å²) >= 11 is 0. The van der Waals surface area contributed by atoms with Crippen LogP contribution in [0.1, 0.15) is 33.1 Å². The van der Waals surface area contributed by atoms with E-state index in [1.807, 2.05) is 0 Å². The molecule has 0 radical (unpaired) electrons. The van der Waals surface area contributed by atoms with Gasteiger partial charge in [-0.15, -0.1) is 0 Å². The molecule has 0 fully saturated rings. The molecule has 0 aliphatic carbocycles. The van der Waals surface area contributed by atoms with E-state index in [2.05, 4.69) is 12.2 Å². The fourth-order valence-corrected chi connectivity index (χ4v) is 2.79. The van der Waals surface area contributed by atoms with Crippen molar-refractivity contribution >= 4 is 10.0 Å². The molecular formula is C10H24N2O2S. The van der Waals surface area contributed by atoms with E-state index in [1.165, 1.54) is 4.31 Å². The van der Waals surface area contributed by atoms with E-state index < -0.39 is 10.0 Å². The number of sulfonamides is 1. The number of nitrogens with one attached hydrogen (secondary N) is 1. The Morgan fingerprint density at radius 3 is 2.40 bits per heavy atom. The normalized spacial score (nSPS) is 14.5. The Morgan fingerprint density at radius 2 is 1.93 bits per heavy atom. The summed E-state index contributed by atoms with van der Waals surface area (Å²) in [4.78, 5) is 0. The second-order valence-electron chi connectivity index (χ2n) is 3.94. The van der Waals surface area contributed by atoms with Gasteiger partial charge in [0.05, 0.1) is 5.25 Å². The van der Waals surface area contributed by atoms with Crippen molar-refractivity contribution in [1.29, 1.82) is 0 Å². The van der Waals surface area contributed by atoms with E-state index in [0.717, 1.165) is 19.3 Å². The molecular weight excluding hydrogens is 212 g/mol. The molecule has 5 heteroatoms. The Hall–Kier alpha value is -0.130. The number of unbranched alkanes of at least 4 members (excludes halogenated alkanes) is 2. The van der Waals surface area contributed by atoms with Crippen LogP contribution in [0.25, 0.3) is 0 Å². The predicted molar refractivity (Wildman–Crippen MR) is 64.5 cm³/mol. The first-order valence-corrected chi connectivity index (χ1v) is 7.06. The first kappa shape index (κ1) is 14.9. The molecule has 0 aliphatic heterocycles. The molecule has 0 aromatic rings. The lowest BCUT2D eigenvalue weighted by molar-refractivity contribution is 0.445. The summed E-state index contributed by atoms with van der Waals surface area (Å²) in [5.41, 5.74) is 0. The van der Waals surface area contributed by atoms with E-state index in [4.69, 9.17) is 0 Å². The monoisotopic (exact) mass is 236 g/mol. The van der Waals surface area contributed by atoms with Gasteiger partial charge in [0.1, 0.15) is 0 Å². The van der Waals surface area contributed by atoms with Gasteiger partial charge >= 0.3 is 0 Å². The van der Waals surface area contributed by atoms with Gasteiger partial charge in [0.2, 0.25) is 10.0 Å². The van der Waals surface area contributed by atoms with Gasteiger partial charge < -0.3 is 5.32 Å². The van der Waals surface area contributed by atoms with Gasteiger partial charge in [0.15, 0.2) is 0 Å². The van der Waals surface area contributed by atoms with Crippen LogP contribution >= 0.6 is 0 Å². The highest BCUT2D eigenvalue weighted by atomic mass is 32.2. The van der Waals surface area contributed by atoms with Crippen molar-refractivity contribution in [3.05, 3.63) is 0 Å². The molecule has 1 atom stereocenters. The summed E-state index contributed by atoms with van der Waals surface area (Å²) in [6, 6.07) is 0. The zero-order chi connectivity index (χ0) is 11.9. The van der Waals surface area contributed by atoms with Gasteiger partial charge in [0, 0.05) is 20.1 Å². The summed E-state index contributed by atoms with van der Waals surface area (Å²) in [5, 5.41) is 2.54. The molecule has 0 aromatic carbocycles. The second kappa shape index (κ2) is 7.19. The molecule has 0 bridgehead atoms. The van der Waals surface area contributed by atoms with Crippen molar-refractivity contribution < 1.29 is 8.42 Å². The van der Waals surface area contributed by atoms with Gasteiger partial charge in [-0.25, -0.2) is 12.7 Å². The van der Waals surface area contributed by atoms with Crippen molar-refractivity contribution in [3.63, 3.8) is 0 Å². The molecule has 0 amide bonds. The summed E-state index contributed by atoms with van der Waals surface area (Å²) < 4.78 is 25.3. The van der Waals surface area contributed by atoms with E-state index in [0.29, 0.717) is 13.1 Å². The maximum atomic E-state index is 11.9. The molecule has 15 heavy (non-hydrogen) atoms. The van der Waals surface area contributed by atoms with Gasteiger partial charge in [-0.3, -0.25) is 0 Å². The molecule has 0 spiro atoms. The summed E-state index contributed by atoms with van der Waals surface area (Å²) in [6.07, 6.45) is 3.14. The highest BCUT2D eigenvalue weighted by molar-refractivity contribution is 7.89. The van der Waals surface area contributed by atoms with Crippen molar-refractivity contribution in [2.45, 2.75) is 38.4 Å². The average molecular weight is 236 g/mol. The van der Waals surface area contributed by atoms with Gasteiger partial charge in [-0.1, -0.05) is 19.8 Å². The zero-order valence-electron chi connectivity index (χ0n) is 10.3. The minimum absolute atomic E-state index is 0.353. The quantitative estimate of drug-likeness (QED) is 0.641. The minimum Gasteiger partial charge on any atom is -0.318 e. The van der Waals surface area contributed by atoms with Gasteiger partial charge in [0.25, 0.3) is 0 Å². The van der Waals surface area contributed by atoms with E-state index in [-0.39, 0.29) is 5.25 Å². The van der Waals surface area contributed by atoms with E-state index in [1.54, 1.807) is 21.0 Å². The van der Waals surface area contributed by atoms with E-state index in [9.17, 15) is 8.42 Å². The Labute approximate surface area is 94.1 Å². The standard InChI is InChI=1S/C10H24N2O2S/c1-5-6-7-8-12(4)15(13,14)10(2)9-11-3/h10-11H,5-9H2,1-4H3. The fourth-order valence-electron chi connectivity index (χ4n) is 1.41. The lowest BCUT2D eigenvalue weighted by atomic mass is 10.2. The Morgan fingerprint density at radius 1 is 1.33 bits per heavy atom. The number of hydrogen-bond donors (Lipinski definition) is 1. The number of nitrogens with zero attached hydrogens (tertiary/aromatic N) is 1. The third-order valence-electron chi connectivity index (χ3n) is 2.51. The second-order valence-corrected chi connectivity index (χ2v) is 6.40. The first-order chi connectivity index (χ1) is 6.96. The summed E-state index contributed by atoms with van der Waals surface area (Å²) in [5.74, 6) is 0. The Kier molecular flexibility index (Phi) is 7.13. The Bertz CT molecular complexity index is 252. The lowest BCUT2D eigenvalue weighted by Gasteiger charge is -2.21. The maximum absolute atomic E-state index is 11.9. The third kappa shape index (κ3) is 4.95. The largest absolute Gasteiger partial charge is 0.318 e. The predicted octanol–water partition coefficient (Wildman–Crippen LogP) is 1.05. The molecule has 0 saturated heterocycles. The molecule has 0 aromatic heterocycles. The lowest BCUT2D eigenvalue weighted by Crippen LogP contribution is -2.39. The molecule has 0 saturated carbocycles. The van der Waals surface area contributed by atoms with Crippen LogP contribution in [0.4, 0.5) is 0 Å². The van der Waals surface area contributed by atoms with Crippen molar-refractivity contribution in [1.82, 2.24) is 9.62 Å². The average Bonchev–Trinajstić information content (AvgIpc) is 2.18. The molecule has 0 aliphatic rings. The van der Waals surface area contributed by atoms with Crippen molar-refractivity contribution in [2.24, 2.45) is 0 Å². The zero-order valence-corrected chi connectivity index (χ0v) is 11.1. The van der Waals surface area contributed by atoms with Crippen LogP contribution in [0.5, 0.6) is 0 Å². The van der Waals surface area contributed by atoms with Crippen LogP contribution in [-0.4, -0.2) is 45.2 Å². The maximum Gasteiger partial charge on any atom is 0.217 e. The highest BCUT2D eigenvalue weighted by Crippen LogP contribution is 2.08. The molecule has 1 N–H and O–H groups in total. The fraction of sp³-hybridized carbons (Fsp3) is 1.00. The number of rotatable bonds is 8. The number of hydrogen-bond acceptors (Lipinski definition) is 3. The third-order valence-corrected chi connectivity index (χ3v) is 4.75. The van der Waals surface area contributed by atoms with Crippen molar-refractivity contribution in [2.75, 3.05) is 27.2 Å². The summed E-state index contributed by atoms with van der Waals surface area (Å²) in [6.45, 7) is 4.98. The van der Waals surface area contributed by atoms with Gasteiger partial charge in [-0.05, 0) is 20.4 Å². The van der Waals surface area contributed by atoms with Crippen LogP contribution in [0.2, 0.25) is 0 Å². The highest BCUT2D eigenvalue weighted by Gasteiger charge is 2.24. The van der Waals surface area contributed by atoms with Gasteiger partial charge in [-0.2, -0.15) is 0 Å². The van der Waals surface area contributed by atoms with Crippen LogP contribution < -0.4 is 5.32 Å². The smallest absolute Gasteiger partial charge is 0.217 e. The van der Waals surface area contributed by atoms with Crippen molar-refractivity contribution in [3.8, 4) is 0 Å². The molecule has 0 rings (SSSR count). The molecule has 92 valence electrons. The van der Waals surface area contributed by atoms with Crippen LogP contribution in [0.15, 0.2) is 0 Å². The summed E-state index contributed by atoms with van der Waals surface area (Å²) in [7, 11) is 0.320. The minimum atomic E-state index is -3.11. The van der Waals surface area contributed by atoms with Crippen LogP contribution in [0.3, 0.4) is 0 Å². The first-order valence-electron chi connectivity index (χ1n) is 5.56. The SMILES string of the molecule is CCCCCN(C)S(=O)(=O)C(C)CNC. The molecule has 1 unspecified atom stereocenters. The Balaban J connectivity index is 4.19. The molecule has 0 heterocycles. The van der Waals surface area contributed by atoms with E-state index >= 15 is 0 Å². The van der Waals surface area contributed by atoms with Crippen LogP contribution in [0, 0.1) is 0 Å².